The second-order valence-electron chi connectivity index (χ2n) is 2.74. The Labute approximate surface area is 87.0 Å². The minimum absolute atomic E-state index is 0.288. The Morgan fingerprint density at radius 2 is 1.87 bits per heavy atom. The molecule has 0 atom stereocenters. The van der Waals surface area contributed by atoms with Gasteiger partial charge in [-0.1, -0.05) is 0 Å². The van der Waals surface area contributed by atoms with E-state index in [0.717, 1.165) is 0 Å². The van der Waals surface area contributed by atoms with E-state index in [4.69, 9.17) is 0 Å². The number of hydrogen-bond acceptors (Lipinski definition) is 6. The molecule has 0 saturated heterocycles. The van der Waals surface area contributed by atoms with Crippen LogP contribution in [0.15, 0.2) is 9.98 Å². The molecule has 0 aromatic rings. The van der Waals surface area contributed by atoms with Gasteiger partial charge in [-0.2, -0.15) is 9.98 Å². The van der Waals surface area contributed by atoms with Gasteiger partial charge in [-0.15, -0.1) is 0 Å². The first-order valence-electron chi connectivity index (χ1n) is 4.45. The van der Waals surface area contributed by atoms with Crippen molar-refractivity contribution >= 4 is 18.1 Å². The number of unbranched alkanes of at least 4 members (excludes halogenated alkanes) is 1. The molecule has 0 saturated carbocycles. The topological polar surface area (TPSA) is 85.2 Å². The van der Waals surface area contributed by atoms with E-state index < -0.39 is 6.17 Å². The minimum Gasteiger partial charge on any atom is -0.469 e. The molecule has 0 radical (unpaired) electrons. The normalized spacial score (nSPS) is 10.7. The Kier molecular flexibility index (Phi) is 7.77. The molecule has 15 heavy (non-hydrogen) atoms. The van der Waals surface area contributed by atoms with Gasteiger partial charge in [0.2, 0.25) is 12.2 Å². The highest BCUT2D eigenvalue weighted by Gasteiger charge is 2.05. The van der Waals surface area contributed by atoms with Crippen molar-refractivity contribution in [3.63, 3.8) is 0 Å². The fourth-order valence-corrected chi connectivity index (χ4v) is 0.978. The Morgan fingerprint density at radius 1 is 1.27 bits per heavy atom. The largest absolute Gasteiger partial charge is 0.469 e. The average Bonchev–Trinajstić information content (AvgIpc) is 2.24. The molecule has 0 aliphatic heterocycles. The van der Waals surface area contributed by atoms with Crippen molar-refractivity contribution < 1.29 is 19.1 Å². The first kappa shape index (κ1) is 13.2. The van der Waals surface area contributed by atoms with Gasteiger partial charge >= 0.3 is 5.97 Å². The molecule has 82 valence electrons. The fourth-order valence-electron chi connectivity index (χ4n) is 0.978. The summed E-state index contributed by atoms with van der Waals surface area (Å²) < 4.78 is 4.44. The van der Waals surface area contributed by atoms with Gasteiger partial charge < -0.3 is 4.74 Å². The third kappa shape index (κ3) is 7.31. The first-order valence-corrected chi connectivity index (χ1v) is 4.45. The van der Waals surface area contributed by atoms with Crippen LogP contribution in [0.1, 0.15) is 25.7 Å². The lowest BCUT2D eigenvalue weighted by Crippen LogP contribution is -2.02. The predicted molar refractivity (Wildman–Crippen MR) is 50.5 cm³/mol. The van der Waals surface area contributed by atoms with Crippen LogP contribution in [-0.2, 0) is 19.1 Å². The second-order valence-corrected chi connectivity index (χ2v) is 2.74. The van der Waals surface area contributed by atoms with Crippen LogP contribution < -0.4 is 0 Å². The number of methoxy groups -OCH3 is 1. The second kappa shape index (κ2) is 8.81. The lowest BCUT2D eigenvalue weighted by atomic mass is 10.1. The summed E-state index contributed by atoms with van der Waals surface area (Å²) in [4.78, 5) is 37.2. The van der Waals surface area contributed by atoms with E-state index in [1.807, 2.05) is 0 Å². The molecule has 0 bridgehead atoms. The Morgan fingerprint density at radius 3 is 2.33 bits per heavy atom. The summed E-state index contributed by atoms with van der Waals surface area (Å²) >= 11 is 0. The molecular formula is C9H12N2O4. The summed E-state index contributed by atoms with van der Waals surface area (Å²) in [6.45, 7) is 0. The fraction of sp³-hybridized carbons (Fsp3) is 0.667. The molecule has 0 aromatic heterocycles. The van der Waals surface area contributed by atoms with Crippen molar-refractivity contribution in [1.82, 2.24) is 0 Å². The van der Waals surface area contributed by atoms with Crippen molar-refractivity contribution in [2.45, 2.75) is 31.8 Å². The van der Waals surface area contributed by atoms with Crippen LogP contribution in [0.2, 0.25) is 0 Å². The van der Waals surface area contributed by atoms with Gasteiger partial charge in [0.1, 0.15) is 0 Å². The van der Waals surface area contributed by atoms with Crippen LogP contribution in [0, 0.1) is 0 Å². The van der Waals surface area contributed by atoms with Gasteiger partial charge in [0, 0.05) is 6.42 Å². The highest BCUT2D eigenvalue weighted by atomic mass is 16.5. The average molecular weight is 212 g/mol. The summed E-state index contributed by atoms with van der Waals surface area (Å²) in [5, 5.41) is 0. The molecule has 0 rings (SSSR count). The molecule has 0 amide bonds. The van der Waals surface area contributed by atoms with Crippen molar-refractivity contribution in [2.24, 2.45) is 9.98 Å². The standard InChI is InChI=1S/C9H12N2O4/c1-15-9(14)5-3-2-4-8(10-6-12)11-7-13/h8H,2-5H2,1H3. The van der Waals surface area contributed by atoms with Crippen LogP contribution in [0.5, 0.6) is 0 Å². The summed E-state index contributed by atoms with van der Waals surface area (Å²) in [7, 11) is 1.32. The number of rotatable bonds is 7. The number of isocyanates is 2. The molecule has 0 heterocycles. The molecule has 0 unspecified atom stereocenters. The zero-order valence-corrected chi connectivity index (χ0v) is 8.43. The third-order valence-electron chi connectivity index (χ3n) is 1.72. The summed E-state index contributed by atoms with van der Waals surface area (Å²) in [6, 6.07) is 0. The summed E-state index contributed by atoms with van der Waals surface area (Å²) in [5.74, 6) is -0.288. The van der Waals surface area contributed by atoms with E-state index in [1.165, 1.54) is 19.3 Å². The highest BCUT2D eigenvalue weighted by Crippen LogP contribution is 2.07. The van der Waals surface area contributed by atoms with E-state index in [0.29, 0.717) is 25.7 Å². The van der Waals surface area contributed by atoms with Crippen molar-refractivity contribution in [2.75, 3.05) is 7.11 Å². The Balaban J connectivity index is 3.76. The number of hydrogen-bond donors (Lipinski definition) is 0. The predicted octanol–water partition coefficient (Wildman–Crippen LogP) is 0.717. The molecule has 0 aromatic carbocycles. The zero-order valence-electron chi connectivity index (χ0n) is 8.43. The molecule has 0 spiro atoms. The smallest absolute Gasteiger partial charge is 0.305 e. The molecule has 0 fully saturated rings. The van der Waals surface area contributed by atoms with Crippen molar-refractivity contribution in [3.8, 4) is 0 Å². The lowest BCUT2D eigenvalue weighted by Gasteiger charge is -2.02. The number of esters is 1. The molecular weight excluding hydrogens is 200 g/mol. The van der Waals surface area contributed by atoms with E-state index in [9.17, 15) is 14.4 Å². The van der Waals surface area contributed by atoms with Crippen molar-refractivity contribution in [1.29, 1.82) is 0 Å². The highest BCUT2D eigenvalue weighted by molar-refractivity contribution is 5.68. The maximum atomic E-state index is 10.7. The van der Waals surface area contributed by atoms with Crippen LogP contribution in [0.3, 0.4) is 0 Å². The maximum Gasteiger partial charge on any atom is 0.305 e. The van der Waals surface area contributed by atoms with Crippen LogP contribution in [-0.4, -0.2) is 31.4 Å². The molecule has 0 N–H and O–H groups in total. The molecule has 0 aliphatic rings. The number of carbonyl (C=O) groups excluding carboxylic acids is 3. The van der Waals surface area contributed by atoms with Gasteiger partial charge in [-0.25, -0.2) is 9.59 Å². The third-order valence-corrected chi connectivity index (χ3v) is 1.72. The Bertz CT molecular complexity index is 272. The van der Waals surface area contributed by atoms with Gasteiger partial charge in [0.05, 0.1) is 7.11 Å². The lowest BCUT2D eigenvalue weighted by molar-refractivity contribution is -0.140. The van der Waals surface area contributed by atoms with Gasteiger partial charge in [-0.3, -0.25) is 4.79 Å². The van der Waals surface area contributed by atoms with Crippen LogP contribution in [0.25, 0.3) is 0 Å². The first-order chi connectivity index (χ1) is 7.24. The minimum atomic E-state index is -0.724. The Hall–Kier alpha value is -1.77. The zero-order chi connectivity index (χ0) is 11.5. The quantitative estimate of drug-likeness (QED) is 0.269. The summed E-state index contributed by atoms with van der Waals surface area (Å²) in [6.07, 6.45) is 3.87. The monoisotopic (exact) mass is 212 g/mol. The maximum absolute atomic E-state index is 10.7. The van der Waals surface area contributed by atoms with E-state index in [-0.39, 0.29) is 5.97 Å². The number of aliphatic imine (C=N–C) groups is 2. The van der Waals surface area contributed by atoms with Crippen LogP contribution >= 0.6 is 0 Å². The van der Waals surface area contributed by atoms with Crippen molar-refractivity contribution in [3.05, 3.63) is 0 Å². The molecule has 0 aliphatic carbocycles. The molecule has 6 heteroatoms. The van der Waals surface area contributed by atoms with E-state index in [2.05, 4.69) is 14.7 Å². The van der Waals surface area contributed by atoms with Gasteiger partial charge in [-0.05, 0) is 19.3 Å². The molecule has 6 nitrogen and oxygen atoms in total. The van der Waals surface area contributed by atoms with Gasteiger partial charge in [0.15, 0.2) is 6.17 Å². The van der Waals surface area contributed by atoms with Crippen LogP contribution in [0.4, 0.5) is 0 Å². The van der Waals surface area contributed by atoms with Gasteiger partial charge in [0.25, 0.3) is 0 Å². The number of ether oxygens (including phenoxy) is 1. The summed E-state index contributed by atoms with van der Waals surface area (Å²) in [5.41, 5.74) is 0. The number of nitrogens with zero attached hydrogens (tertiary/aromatic N) is 2. The SMILES string of the molecule is COC(=O)CCCCC(N=C=O)N=C=O. The number of carbonyl (C=O) groups is 1. The van der Waals surface area contributed by atoms with E-state index in [1.54, 1.807) is 0 Å². The van der Waals surface area contributed by atoms with E-state index >= 15 is 0 Å².